The topological polar surface area (TPSA) is 69.2 Å². The van der Waals surface area contributed by atoms with Crippen LogP contribution < -0.4 is 14.8 Å². The average molecular weight is 413 g/mol. The highest BCUT2D eigenvalue weighted by atomic mass is 32.1. The van der Waals surface area contributed by atoms with Crippen LogP contribution in [0, 0.1) is 5.92 Å². The molecule has 2 atom stereocenters. The summed E-state index contributed by atoms with van der Waals surface area (Å²) in [6, 6.07) is 14.6. The molecule has 2 unspecified atom stereocenters. The number of benzene rings is 2. The molecule has 6 nitrogen and oxygen atoms in total. The second-order valence-corrected chi connectivity index (χ2v) is 6.72. The van der Waals surface area contributed by atoms with Crippen molar-refractivity contribution in [2.75, 3.05) is 20.3 Å². The molecular formula is C22H24N2O4S. The normalized spacial score (nSPS) is 18.4. The Bertz CT molecular complexity index is 914. The highest BCUT2D eigenvalue weighted by Gasteiger charge is 2.41. The van der Waals surface area contributed by atoms with Crippen LogP contribution in [0.1, 0.15) is 31.0 Å². The van der Waals surface area contributed by atoms with Gasteiger partial charge in [-0.2, -0.15) is 0 Å². The zero-order valence-electron chi connectivity index (χ0n) is 16.7. The number of para-hydroxylation sites is 1. The zero-order valence-corrected chi connectivity index (χ0v) is 17.5. The van der Waals surface area contributed by atoms with Gasteiger partial charge < -0.3 is 19.5 Å². The Kier molecular flexibility index (Phi) is 6.82. The number of nitrogens with one attached hydrogen (secondary N) is 1. The van der Waals surface area contributed by atoms with Crippen LogP contribution in [-0.2, 0) is 9.53 Å². The van der Waals surface area contributed by atoms with Gasteiger partial charge in [0.05, 0.1) is 32.1 Å². The SMILES string of the molecule is CCOC(=O)C1C(c2ccccc2)=NC(=S)NC1c1cccc(OC)c1OCC. The smallest absolute Gasteiger partial charge is 0.317 e. The summed E-state index contributed by atoms with van der Waals surface area (Å²) in [7, 11) is 1.58. The highest BCUT2D eigenvalue weighted by molar-refractivity contribution is 7.80. The minimum absolute atomic E-state index is 0.269. The molecule has 0 aromatic heterocycles. The van der Waals surface area contributed by atoms with E-state index in [1.54, 1.807) is 14.0 Å². The van der Waals surface area contributed by atoms with Crippen molar-refractivity contribution < 1.29 is 19.0 Å². The van der Waals surface area contributed by atoms with Gasteiger partial charge >= 0.3 is 5.97 Å². The number of hydrogen-bond acceptors (Lipinski definition) is 5. The molecule has 1 N–H and O–H groups in total. The molecule has 152 valence electrons. The van der Waals surface area contributed by atoms with Crippen LogP contribution in [0.2, 0.25) is 0 Å². The van der Waals surface area contributed by atoms with Gasteiger partial charge in [-0.15, -0.1) is 0 Å². The standard InChI is InChI=1S/C22H24N2O4S/c1-4-27-20-15(12-9-13-16(20)26-3)19-17(21(25)28-5-2)18(23-22(29)24-19)14-10-7-6-8-11-14/h6-13,17,19H,4-5H2,1-3H3,(H,24,29). The van der Waals surface area contributed by atoms with E-state index in [-0.39, 0.29) is 12.6 Å². The van der Waals surface area contributed by atoms with Gasteiger partial charge in [0.25, 0.3) is 0 Å². The van der Waals surface area contributed by atoms with E-state index >= 15 is 0 Å². The molecule has 2 aromatic carbocycles. The molecule has 0 saturated heterocycles. The van der Waals surface area contributed by atoms with Crippen LogP contribution >= 0.6 is 12.2 Å². The highest BCUT2D eigenvalue weighted by Crippen LogP contribution is 2.40. The van der Waals surface area contributed by atoms with Gasteiger partial charge in [0.2, 0.25) is 0 Å². The molecule has 0 bridgehead atoms. The van der Waals surface area contributed by atoms with Crippen LogP contribution in [0.3, 0.4) is 0 Å². The lowest BCUT2D eigenvalue weighted by Crippen LogP contribution is -2.45. The van der Waals surface area contributed by atoms with Gasteiger partial charge in [-0.3, -0.25) is 4.79 Å². The first kappa shape index (κ1) is 20.8. The molecule has 1 aliphatic heterocycles. The lowest BCUT2D eigenvalue weighted by molar-refractivity contribution is -0.146. The number of rotatable bonds is 7. The average Bonchev–Trinajstić information content (AvgIpc) is 2.74. The summed E-state index contributed by atoms with van der Waals surface area (Å²) < 4.78 is 16.8. The number of methoxy groups -OCH3 is 1. The largest absolute Gasteiger partial charge is 0.493 e. The number of carbonyl (C=O) groups is 1. The first-order chi connectivity index (χ1) is 14.1. The van der Waals surface area contributed by atoms with Crippen molar-refractivity contribution in [1.82, 2.24) is 5.32 Å². The summed E-state index contributed by atoms with van der Waals surface area (Å²) in [5.74, 6) is 0.0839. The van der Waals surface area contributed by atoms with E-state index < -0.39 is 12.0 Å². The van der Waals surface area contributed by atoms with Crippen LogP contribution in [0.5, 0.6) is 11.5 Å². The molecule has 0 aliphatic carbocycles. The molecule has 0 saturated carbocycles. The van der Waals surface area contributed by atoms with E-state index in [0.717, 1.165) is 11.1 Å². The second kappa shape index (κ2) is 9.52. The fourth-order valence-corrected chi connectivity index (χ4v) is 3.64. The molecular weight excluding hydrogens is 388 g/mol. The lowest BCUT2D eigenvalue weighted by Gasteiger charge is -2.33. The van der Waals surface area contributed by atoms with Gasteiger partial charge in [-0.1, -0.05) is 42.5 Å². The summed E-state index contributed by atoms with van der Waals surface area (Å²) in [6.45, 7) is 4.40. The minimum atomic E-state index is -0.699. The number of carbonyl (C=O) groups excluding carboxylic acids is 1. The molecule has 1 heterocycles. The Balaban J connectivity index is 2.16. The molecule has 0 fully saturated rings. The maximum Gasteiger partial charge on any atom is 0.317 e. The maximum absolute atomic E-state index is 13.0. The number of aliphatic imine (C=N–C) groups is 1. The summed E-state index contributed by atoms with van der Waals surface area (Å²) in [5.41, 5.74) is 2.15. The number of thiocarbonyl (C=S) groups is 1. The van der Waals surface area contributed by atoms with Crippen LogP contribution in [0.4, 0.5) is 0 Å². The third kappa shape index (κ3) is 4.40. The molecule has 3 rings (SSSR count). The fourth-order valence-electron chi connectivity index (χ4n) is 3.41. The second-order valence-electron chi connectivity index (χ2n) is 6.33. The number of esters is 1. The van der Waals surface area contributed by atoms with Crippen molar-refractivity contribution in [3.63, 3.8) is 0 Å². The van der Waals surface area contributed by atoms with Gasteiger partial charge in [-0.25, -0.2) is 4.99 Å². The zero-order chi connectivity index (χ0) is 20.8. The summed E-state index contributed by atoms with van der Waals surface area (Å²) in [5, 5.41) is 3.48. The van der Waals surface area contributed by atoms with Crippen molar-refractivity contribution in [3.8, 4) is 11.5 Å². The van der Waals surface area contributed by atoms with Crippen molar-refractivity contribution >= 4 is 29.0 Å². The molecule has 2 aromatic rings. The first-order valence-corrected chi connectivity index (χ1v) is 9.92. The predicted molar refractivity (Wildman–Crippen MR) is 116 cm³/mol. The Labute approximate surface area is 175 Å². The van der Waals surface area contributed by atoms with Crippen molar-refractivity contribution in [1.29, 1.82) is 0 Å². The molecule has 7 heteroatoms. The van der Waals surface area contributed by atoms with Crippen LogP contribution in [0.15, 0.2) is 53.5 Å². The Morgan fingerprint density at radius 2 is 1.86 bits per heavy atom. The van der Waals surface area contributed by atoms with Crippen molar-refractivity contribution in [2.24, 2.45) is 10.9 Å². The van der Waals surface area contributed by atoms with E-state index in [1.807, 2.05) is 55.5 Å². The van der Waals surface area contributed by atoms with E-state index in [2.05, 4.69) is 10.3 Å². The molecule has 1 aliphatic rings. The van der Waals surface area contributed by atoms with Crippen LogP contribution in [0.25, 0.3) is 0 Å². The van der Waals surface area contributed by atoms with Gasteiger partial charge in [0.1, 0.15) is 5.92 Å². The Morgan fingerprint density at radius 1 is 1.10 bits per heavy atom. The third-order valence-electron chi connectivity index (χ3n) is 4.59. The summed E-state index contributed by atoms with van der Waals surface area (Å²) in [6.07, 6.45) is 0. The molecule has 29 heavy (non-hydrogen) atoms. The number of ether oxygens (including phenoxy) is 3. The van der Waals surface area contributed by atoms with E-state index in [1.165, 1.54) is 0 Å². The van der Waals surface area contributed by atoms with Crippen LogP contribution in [-0.4, -0.2) is 37.1 Å². The van der Waals surface area contributed by atoms with E-state index in [9.17, 15) is 4.79 Å². The number of nitrogens with zero attached hydrogens (tertiary/aromatic N) is 1. The fraction of sp³-hybridized carbons (Fsp3) is 0.318. The van der Waals surface area contributed by atoms with Crippen molar-refractivity contribution in [2.45, 2.75) is 19.9 Å². The molecule has 0 amide bonds. The summed E-state index contributed by atoms with van der Waals surface area (Å²) in [4.78, 5) is 17.5. The monoisotopic (exact) mass is 412 g/mol. The van der Waals surface area contributed by atoms with E-state index in [0.29, 0.717) is 28.9 Å². The Morgan fingerprint density at radius 3 is 2.52 bits per heavy atom. The quantitative estimate of drug-likeness (QED) is 0.553. The van der Waals surface area contributed by atoms with E-state index in [4.69, 9.17) is 26.4 Å². The van der Waals surface area contributed by atoms with Gasteiger partial charge in [-0.05, 0) is 37.7 Å². The minimum Gasteiger partial charge on any atom is -0.493 e. The molecule has 0 spiro atoms. The van der Waals surface area contributed by atoms with Crippen molar-refractivity contribution in [3.05, 3.63) is 59.7 Å². The third-order valence-corrected chi connectivity index (χ3v) is 4.80. The first-order valence-electron chi connectivity index (χ1n) is 9.51. The Hall–Kier alpha value is -2.93. The molecule has 0 radical (unpaired) electrons. The van der Waals surface area contributed by atoms with Gasteiger partial charge in [0.15, 0.2) is 16.6 Å². The summed E-state index contributed by atoms with van der Waals surface area (Å²) >= 11 is 5.41. The lowest BCUT2D eigenvalue weighted by atomic mass is 9.84. The number of hydrogen-bond donors (Lipinski definition) is 1. The maximum atomic E-state index is 13.0. The van der Waals surface area contributed by atoms with Gasteiger partial charge in [0, 0.05) is 5.56 Å². The predicted octanol–water partition coefficient (Wildman–Crippen LogP) is 3.69.